The molecule has 0 radical (unpaired) electrons. The fourth-order valence-corrected chi connectivity index (χ4v) is 2.85. The normalized spacial score (nSPS) is 14.0. The predicted molar refractivity (Wildman–Crippen MR) is 87.8 cm³/mol. The summed E-state index contributed by atoms with van der Waals surface area (Å²) in [6.07, 6.45) is 5.07. The second-order valence-electron chi connectivity index (χ2n) is 6.15. The van der Waals surface area contributed by atoms with Gasteiger partial charge in [0.05, 0.1) is 12.8 Å². The van der Waals surface area contributed by atoms with E-state index in [-0.39, 0.29) is 23.0 Å². The number of nitrogens with zero attached hydrogens (tertiary/aromatic N) is 2. The van der Waals surface area contributed by atoms with Gasteiger partial charge in [-0.15, -0.1) is 0 Å². The van der Waals surface area contributed by atoms with Crippen molar-refractivity contribution in [3.8, 4) is 11.1 Å². The van der Waals surface area contributed by atoms with E-state index >= 15 is 0 Å². The first-order valence-electron chi connectivity index (χ1n) is 7.94. The van der Waals surface area contributed by atoms with Gasteiger partial charge in [0.15, 0.2) is 5.82 Å². The number of aromatic nitrogens is 2. The van der Waals surface area contributed by atoms with E-state index < -0.39 is 18.2 Å². The van der Waals surface area contributed by atoms with Gasteiger partial charge >= 0.3 is 0 Å². The largest absolute Gasteiger partial charge is 0.392 e. The molecule has 128 valence electrons. The number of amides is 1. The number of hydrogen-bond donors (Lipinski definition) is 2. The molecule has 2 aromatic heterocycles. The molecule has 1 aromatic carbocycles. The summed E-state index contributed by atoms with van der Waals surface area (Å²) in [6, 6.07) is 5.21. The highest BCUT2D eigenvalue weighted by Crippen LogP contribution is 2.31. The Morgan fingerprint density at radius 1 is 1.28 bits per heavy atom. The predicted octanol–water partition coefficient (Wildman–Crippen LogP) is 3.12. The molecule has 0 bridgehead atoms. The number of carbonyl (C=O) groups is 1. The van der Waals surface area contributed by atoms with E-state index in [1.54, 1.807) is 28.9 Å². The van der Waals surface area contributed by atoms with Crippen LogP contribution >= 0.6 is 0 Å². The van der Waals surface area contributed by atoms with E-state index in [1.165, 1.54) is 0 Å². The number of fused-ring (bicyclic) bond motifs is 1. The summed E-state index contributed by atoms with van der Waals surface area (Å²) in [4.78, 5) is 16.1. The maximum atomic E-state index is 14.2. The van der Waals surface area contributed by atoms with Crippen molar-refractivity contribution in [1.82, 2.24) is 9.38 Å². The Labute approximate surface area is 141 Å². The Hall–Kier alpha value is -2.80. The Balaban J connectivity index is 1.73. The van der Waals surface area contributed by atoms with Crippen LogP contribution in [0.5, 0.6) is 0 Å². The van der Waals surface area contributed by atoms with Gasteiger partial charge in [-0.05, 0) is 36.6 Å². The highest BCUT2D eigenvalue weighted by molar-refractivity contribution is 5.93. The average Bonchev–Trinajstić information content (AvgIpc) is 3.34. The van der Waals surface area contributed by atoms with Crippen LogP contribution < -0.4 is 5.32 Å². The lowest BCUT2D eigenvalue weighted by atomic mass is 10.0. The molecule has 0 atom stereocenters. The van der Waals surface area contributed by atoms with E-state index in [0.717, 1.165) is 25.0 Å². The molecule has 0 spiro atoms. The Kier molecular flexibility index (Phi) is 3.73. The molecule has 0 saturated heterocycles. The molecular weight excluding hydrogens is 328 g/mol. The average molecular weight is 343 g/mol. The molecular formula is C18H15F2N3O2. The van der Waals surface area contributed by atoms with Gasteiger partial charge in [-0.25, -0.2) is 13.8 Å². The van der Waals surface area contributed by atoms with Gasteiger partial charge < -0.3 is 14.8 Å². The molecule has 1 aliphatic rings. The van der Waals surface area contributed by atoms with Gasteiger partial charge in [0.1, 0.15) is 17.3 Å². The lowest BCUT2D eigenvalue weighted by Gasteiger charge is -2.10. The summed E-state index contributed by atoms with van der Waals surface area (Å²) in [5, 5.41) is 12.2. The maximum absolute atomic E-state index is 14.2. The van der Waals surface area contributed by atoms with Crippen LogP contribution in [0.2, 0.25) is 0 Å². The number of rotatable bonds is 4. The summed E-state index contributed by atoms with van der Waals surface area (Å²) in [5.41, 5.74) is 1.37. The van der Waals surface area contributed by atoms with Crippen LogP contribution in [0.25, 0.3) is 16.8 Å². The number of anilines is 1. The lowest BCUT2D eigenvalue weighted by molar-refractivity contribution is -0.117. The third-order valence-corrected chi connectivity index (χ3v) is 4.25. The molecule has 1 aliphatic carbocycles. The summed E-state index contributed by atoms with van der Waals surface area (Å²) >= 11 is 0. The van der Waals surface area contributed by atoms with Crippen LogP contribution in [0.4, 0.5) is 14.6 Å². The monoisotopic (exact) mass is 343 g/mol. The van der Waals surface area contributed by atoms with E-state index in [9.17, 15) is 18.7 Å². The molecule has 0 unspecified atom stereocenters. The molecule has 0 aliphatic heterocycles. The third-order valence-electron chi connectivity index (χ3n) is 4.25. The Morgan fingerprint density at radius 3 is 2.80 bits per heavy atom. The van der Waals surface area contributed by atoms with E-state index in [4.69, 9.17) is 0 Å². The third kappa shape index (κ3) is 2.98. The smallest absolute Gasteiger partial charge is 0.228 e. The van der Waals surface area contributed by atoms with Crippen molar-refractivity contribution in [2.75, 3.05) is 5.32 Å². The molecule has 7 heteroatoms. The van der Waals surface area contributed by atoms with E-state index in [2.05, 4.69) is 10.3 Å². The van der Waals surface area contributed by atoms with Crippen molar-refractivity contribution in [3.63, 3.8) is 0 Å². The highest BCUT2D eigenvalue weighted by atomic mass is 19.1. The number of benzene rings is 1. The van der Waals surface area contributed by atoms with Crippen molar-refractivity contribution >= 4 is 17.4 Å². The zero-order chi connectivity index (χ0) is 17.6. The summed E-state index contributed by atoms with van der Waals surface area (Å²) in [5.74, 6) is -1.03. The van der Waals surface area contributed by atoms with Gasteiger partial charge in [-0.3, -0.25) is 4.79 Å². The summed E-state index contributed by atoms with van der Waals surface area (Å²) in [7, 11) is 0. The fourth-order valence-electron chi connectivity index (χ4n) is 2.85. The number of imidazole rings is 1. The Bertz CT molecular complexity index is 980. The van der Waals surface area contributed by atoms with Crippen LogP contribution in [-0.4, -0.2) is 20.4 Å². The van der Waals surface area contributed by atoms with Gasteiger partial charge in [0.25, 0.3) is 0 Å². The molecule has 4 rings (SSSR count). The van der Waals surface area contributed by atoms with E-state index in [1.807, 2.05) is 0 Å². The van der Waals surface area contributed by atoms with Gasteiger partial charge in [0, 0.05) is 29.3 Å². The fraction of sp³-hybridized carbons (Fsp3) is 0.222. The number of halogens is 2. The molecule has 1 amide bonds. The Morgan fingerprint density at radius 2 is 2.08 bits per heavy atom. The van der Waals surface area contributed by atoms with Crippen molar-refractivity contribution in [3.05, 3.63) is 53.9 Å². The number of aliphatic hydroxyl groups is 1. The van der Waals surface area contributed by atoms with Crippen molar-refractivity contribution in [2.24, 2.45) is 5.92 Å². The lowest BCUT2D eigenvalue weighted by Crippen LogP contribution is -2.13. The van der Waals surface area contributed by atoms with Crippen molar-refractivity contribution in [2.45, 2.75) is 19.4 Å². The van der Waals surface area contributed by atoms with Crippen molar-refractivity contribution < 1.29 is 18.7 Å². The number of hydrogen-bond acceptors (Lipinski definition) is 3. The molecule has 3 aromatic rings. The highest BCUT2D eigenvalue weighted by Gasteiger charge is 2.30. The molecule has 1 saturated carbocycles. The second kappa shape index (κ2) is 5.93. The number of pyridine rings is 1. The number of aliphatic hydroxyl groups excluding tert-OH is 1. The van der Waals surface area contributed by atoms with Crippen LogP contribution in [0.15, 0.2) is 36.7 Å². The molecule has 2 N–H and O–H groups in total. The van der Waals surface area contributed by atoms with Crippen LogP contribution in [0, 0.1) is 17.6 Å². The first kappa shape index (κ1) is 15.7. The minimum absolute atomic E-state index is 0.0456. The minimum Gasteiger partial charge on any atom is -0.392 e. The van der Waals surface area contributed by atoms with Crippen LogP contribution in [0.1, 0.15) is 18.4 Å². The van der Waals surface area contributed by atoms with Gasteiger partial charge in [-0.2, -0.15) is 0 Å². The van der Waals surface area contributed by atoms with Gasteiger partial charge in [-0.1, -0.05) is 0 Å². The zero-order valence-electron chi connectivity index (χ0n) is 13.2. The quantitative estimate of drug-likeness (QED) is 0.765. The minimum atomic E-state index is -0.745. The van der Waals surface area contributed by atoms with Crippen LogP contribution in [-0.2, 0) is 11.4 Å². The second-order valence-corrected chi connectivity index (χ2v) is 6.15. The van der Waals surface area contributed by atoms with Crippen molar-refractivity contribution in [1.29, 1.82) is 0 Å². The topological polar surface area (TPSA) is 66.6 Å². The van der Waals surface area contributed by atoms with Gasteiger partial charge in [0.2, 0.25) is 5.91 Å². The summed E-state index contributed by atoms with van der Waals surface area (Å²) in [6.45, 7) is -0.478. The van der Waals surface area contributed by atoms with Crippen LogP contribution in [0.3, 0.4) is 0 Å². The molecule has 5 nitrogen and oxygen atoms in total. The molecule has 2 heterocycles. The number of nitrogens with one attached hydrogen (secondary N) is 1. The standard InChI is InChI=1S/C18H15F2N3O2/c19-13-5-12(9-24)17(14(20)6-13)11-3-4-16-21-15(8-23(16)7-11)22-18(25)10-1-2-10/h3-8,10,24H,1-2,9H2,(H,22,25). The molecule has 25 heavy (non-hydrogen) atoms. The maximum Gasteiger partial charge on any atom is 0.228 e. The SMILES string of the molecule is O=C(Nc1cn2cc(-c3c(F)cc(F)cc3CO)ccc2n1)C1CC1. The zero-order valence-corrected chi connectivity index (χ0v) is 13.2. The van der Waals surface area contributed by atoms with E-state index in [0.29, 0.717) is 17.0 Å². The summed E-state index contributed by atoms with van der Waals surface area (Å²) < 4.78 is 29.2. The number of carbonyl (C=O) groups excluding carboxylic acids is 1. The first-order chi connectivity index (χ1) is 12.0. The first-order valence-corrected chi connectivity index (χ1v) is 7.94. The molecule has 1 fully saturated rings.